The van der Waals surface area contributed by atoms with Crippen molar-refractivity contribution in [2.45, 2.75) is 26.8 Å². The molecule has 0 bridgehead atoms. The standard InChI is InChI=1S/C14H15N3S/c1-9-5-4-6-12(7-15)13(9)17-11(3)14-16-8-10(2)18-14/h4-6,8,11,17H,1-3H3. The third-order valence-corrected chi connectivity index (χ3v) is 3.86. The number of para-hydroxylation sites is 1. The zero-order valence-electron chi connectivity index (χ0n) is 10.7. The summed E-state index contributed by atoms with van der Waals surface area (Å²) in [4.78, 5) is 5.57. The highest BCUT2D eigenvalue weighted by Gasteiger charge is 2.12. The second-order valence-corrected chi connectivity index (χ2v) is 5.55. The molecule has 1 atom stereocenters. The summed E-state index contributed by atoms with van der Waals surface area (Å²) in [6.45, 7) is 6.11. The molecule has 0 aliphatic carbocycles. The van der Waals surface area contributed by atoms with Gasteiger partial charge in [-0.3, -0.25) is 0 Å². The monoisotopic (exact) mass is 257 g/mol. The van der Waals surface area contributed by atoms with E-state index in [0.717, 1.165) is 16.3 Å². The molecule has 0 saturated heterocycles. The van der Waals surface area contributed by atoms with Crippen molar-refractivity contribution in [3.63, 3.8) is 0 Å². The van der Waals surface area contributed by atoms with Gasteiger partial charge < -0.3 is 5.32 Å². The van der Waals surface area contributed by atoms with Gasteiger partial charge in [-0.25, -0.2) is 4.98 Å². The van der Waals surface area contributed by atoms with Gasteiger partial charge in [0.2, 0.25) is 0 Å². The summed E-state index contributed by atoms with van der Waals surface area (Å²) in [6.07, 6.45) is 1.88. The summed E-state index contributed by atoms with van der Waals surface area (Å²) >= 11 is 1.68. The summed E-state index contributed by atoms with van der Waals surface area (Å²) < 4.78 is 0. The number of benzene rings is 1. The Balaban J connectivity index is 2.27. The Morgan fingerprint density at radius 1 is 1.39 bits per heavy atom. The Morgan fingerprint density at radius 2 is 2.17 bits per heavy atom. The Bertz CT molecular complexity index is 595. The van der Waals surface area contributed by atoms with Crippen molar-refractivity contribution in [3.05, 3.63) is 45.4 Å². The van der Waals surface area contributed by atoms with Crippen LogP contribution in [0.15, 0.2) is 24.4 Å². The van der Waals surface area contributed by atoms with Crippen LogP contribution in [0.3, 0.4) is 0 Å². The number of nitriles is 1. The molecule has 0 aliphatic rings. The van der Waals surface area contributed by atoms with E-state index in [1.54, 1.807) is 11.3 Å². The average Bonchev–Trinajstić information content (AvgIpc) is 2.78. The van der Waals surface area contributed by atoms with Crippen molar-refractivity contribution >= 4 is 17.0 Å². The van der Waals surface area contributed by atoms with Gasteiger partial charge in [-0.15, -0.1) is 11.3 Å². The van der Waals surface area contributed by atoms with Gasteiger partial charge in [0, 0.05) is 11.1 Å². The molecule has 3 nitrogen and oxygen atoms in total. The Kier molecular flexibility index (Phi) is 3.63. The highest BCUT2D eigenvalue weighted by atomic mass is 32.1. The first-order valence-corrected chi connectivity index (χ1v) is 6.62. The minimum absolute atomic E-state index is 0.108. The molecule has 1 aromatic heterocycles. The Hall–Kier alpha value is -1.86. The smallest absolute Gasteiger partial charge is 0.115 e. The van der Waals surface area contributed by atoms with Crippen LogP contribution in [0.2, 0.25) is 0 Å². The molecule has 1 aromatic carbocycles. The fourth-order valence-electron chi connectivity index (χ4n) is 1.80. The van der Waals surface area contributed by atoms with Gasteiger partial charge >= 0.3 is 0 Å². The van der Waals surface area contributed by atoms with Crippen LogP contribution in [0.1, 0.15) is 34.0 Å². The van der Waals surface area contributed by atoms with Gasteiger partial charge in [0.25, 0.3) is 0 Å². The molecule has 0 saturated carbocycles. The van der Waals surface area contributed by atoms with Crippen LogP contribution < -0.4 is 5.32 Å². The molecule has 0 spiro atoms. The molecule has 1 unspecified atom stereocenters. The van der Waals surface area contributed by atoms with E-state index in [9.17, 15) is 0 Å². The van der Waals surface area contributed by atoms with Crippen LogP contribution in [0.25, 0.3) is 0 Å². The fourth-order valence-corrected chi connectivity index (χ4v) is 2.58. The minimum Gasteiger partial charge on any atom is -0.375 e. The zero-order valence-corrected chi connectivity index (χ0v) is 11.5. The quantitative estimate of drug-likeness (QED) is 0.909. The number of nitrogens with zero attached hydrogens (tertiary/aromatic N) is 2. The Morgan fingerprint density at radius 3 is 2.78 bits per heavy atom. The van der Waals surface area contributed by atoms with Crippen molar-refractivity contribution in [2.24, 2.45) is 0 Å². The summed E-state index contributed by atoms with van der Waals surface area (Å²) in [5, 5.41) is 13.6. The first kappa shape index (κ1) is 12.6. The maximum Gasteiger partial charge on any atom is 0.115 e. The normalized spacial score (nSPS) is 11.9. The number of thiazole rings is 1. The van der Waals surface area contributed by atoms with E-state index in [0.29, 0.717) is 5.56 Å². The van der Waals surface area contributed by atoms with E-state index in [1.165, 1.54) is 4.88 Å². The van der Waals surface area contributed by atoms with Crippen LogP contribution in [0.4, 0.5) is 5.69 Å². The van der Waals surface area contributed by atoms with E-state index in [1.807, 2.05) is 38.2 Å². The predicted octanol–water partition coefficient (Wildman–Crippen LogP) is 3.80. The number of aromatic nitrogens is 1. The lowest BCUT2D eigenvalue weighted by atomic mass is 10.1. The lowest BCUT2D eigenvalue weighted by Crippen LogP contribution is -2.08. The number of nitrogens with one attached hydrogen (secondary N) is 1. The summed E-state index contributed by atoms with van der Waals surface area (Å²) in [7, 11) is 0. The highest BCUT2D eigenvalue weighted by molar-refractivity contribution is 7.11. The summed E-state index contributed by atoms with van der Waals surface area (Å²) in [5.41, 5.74) is 2.66. The maximum absolute atomic E-state index is 9.13. The average molecular weight is 257 g/mol. The summed E-state index contributed by atoms with van der Waals surface area (Å²) in [5.74, 6) is 0. The molecule has 4 heteroatoms. The predicted molar refractivity (Wildman–Crippen MR) is 74.8 cm³/mol. The first-order chi connectivity index (χ1) is 8.61. The second-order valence-electron chi connectivity index (χ2n) is 4.28. The molecule has 92 valence electrons. The van der Waals surface area contributed by atoms with Crippen LogP contribution in [-0.4, -0.2) is 4.98 Å². The molecule has 0 radical (unpaired) electrons. The fraction of sp³-hybridized carbons (Fsp3) is 0.286. The van der Waals surface area contributed by atoms with Crippen molar-refractivity contribution in [3.8, 4) is 6.07 Å². The number of anilines is 1. The molecular formula is C14H15N3S. The highest BCUT2D eigenvalue weighted by Crippen LogP contribution is 2.27. The van der Waals surface area contributed by atoms with E-state index in [4.69, 9.17) is 5.26 Å². The molecule has 2 aromatic rings. The molecule has 0 amide bonds. The topological polar surface area (TPSA) is 48.7 Å². The van der Waals surface area contributed by atoms with Gasteiger partial charge in [0.05, 0.1) is 17.3 Å². The van der Waals surface area contributed by atoms with E-state index < -0.39 is 0 Å². The SMILES string of the molecule is Cc1cnc(C(C)Nc2c(C)cccc2C#N)s1. The number of hydrogen-bond acceptors (Lipinski definition) is 4. The third kappa shape index (κ3) is 2.52. The largest absolute Gasteiger partial charge is 0.375 e. The first-order valence-electron chi connectivity index (χ1n) is 5.80. The van der Waals surface area contributed by atoms with Gasteiger partial charge in [0.15, 0.2) is 0 Å². The molecule has 18 heavy (non-hydrogen) atoms. The molecule has 2 rings (SSSR count). The van der Waals surface area contributed by atoms with E-state index >= 15 is 0 Å². The minimum atomic E-state index is 0.108. The summed E-state index contributed by atoms with van der Waals surface area (Å²) in [6, 6.07) is 8.06. The van der Waals surface area contributed by atoms with Gasteiger partial charge in [0.1, 0.15) is 11.1 Å². The van der Waals surface area contributed by atoms with Crippen LogP contribution in [0, 0.1) is 25.2 Å². The van der Waals surface area contributed by atoms with E-state index in [-0.39, 0.29) is 6.04 Å². The number of aryl methyl sites for hydroxylation is 2. The zero-order chi connectivity index (χ0) is 13.1. The van der Waals surface area contributed by atoms with E-state index in [2.05, 4.69) is 23.3 Å². The molecule has 1 N–H and O–H groups in total. The second kappa shape index (κ2) is 5.19. The van der Waals surface area contributed by atoms with Gasteiger partial charge in [-0.1, -0.05) is 12.1 Å². The molecule has 0 fully saturated rings. The van der Waals surface area contributed by atoms with Crippen molar-refractivity contribution in [2.75, 3.05) is 5.32 Å². The number of hydrogen-bond donors (Lipinski definition) is 1. The van der Waals surface area contributed by atoms with Crippen molar-refractivity contribution in [1.29, 1.82) is 5.26 Å². The van der Waals surface area contributed by atoms with Crippen LogP contribution in [0.5, 0.6) is 0 Å². The van der Waals surface area contributed by atoms with Crippen LogP contribution in [-0.2, 0) is 0 Å². The lowest BCUT2D eigenvalue weighted by Gasteiger charge is -2.16. The van der Waals surface area contributed by atoms with Gasteiger partial charge in [-0.05, 0) is 32.4 Å². The molecule has 1 heterocycles. The maximum atomic E-state index is 9.13. The molecular weight excluding hydrogens is 242 g/mol. The van der Waals surface area contributed by atoms with Gasteiger partial charge in [-0.2, -0.15) is 5.26 Å². The third-order valence-electron chi connectivity index (χ3n) is 2.76. The van der Waals surface area contributed by atoms with Crippen molar-refractivity contribution < 1.29 is 0 Å². The van der Waals surface area contributed by atoms with Crippen LogP contribution >= 0.6 is 11.3 Å². The lowest BCUT2D eigenvalue weighted by molar-refractivity contribution is 0.867. The molecule has 0 aliphatic heterocycles. The Labute approximate surface area is 111 Å². The number of rotatable bonds is 3. The van der Waals surface area contributed by atoms with Crippen molar-refractivity contribution in [1.82, 2.24) is 4.98 Å².